The van der Waals surface area contributed by atoms with Crippen LogP contribution in [-0.4, -0.2) is 19.9 Å². The molecule has 1 heterocycles. The molecule has 0 bridgehead atoms. The molecule has 0 spiro atoms. The van der Waals surface area contributed by atoms with E-state index in [0.29, 0.717) is 4.60 Å². The fourth-order valence-corrected chi connectivity index (χ4v) is 1.42. The highest BCUT2D eigenvalue weighted by molar-refractivity contribution is 9.10. The average Bonchev–Trinajstić information content (AvgIpc) is 2.30. The Morgan fingerprint density at radius 2 is 2.25 bits per heavy atom. The van der Waals surface area contributed by atoms with E-state index in [-0.39, 0.29) is 11.9 Å². The van der Waals surface area contributed by atoms with Crippen LogP contribution >= 0.6 is 15.9 Å². The van der Waals surface area contributed by atoms with Crippen molar-refractivity contribution in [2.75, 3.05) is 0 Å². The van der Waals surface area contributed by atoms with Gasteiger partial charge in [0.2, 0.25) is 4.60 Å². The maximum atomic E-state index is 10.3. The van der Waals surface area contributed by atoms with Crippen molar-refractivity contribution in [3.05, 3.63) is 14.7 Å². The van der Waals surface area contributed by atoms with Crippen LogP contribution in [0.15, 0.2) is 4.60 Å². The summed E-state index contributed by atoms with van der Waals surface area (Å²) in [5.74, 6) is -0.247. The molecule has 0 saturated carbocycles. The normalized spacial score (nSPS) is 10.7. The van der Waals surface area contributed by atoms with Crippen LogP contribution < -0.4 is 0 Å². The van der Waals surface area contributed by atoms with Gasteiger partial charge in [-0.1, -0.05) is 0 Å². The molecule has 12 heavy (non-hydrogen) atoms. The molecule has 0 N–H and O–H groups in total. The lowest BCUT2D eigenvalue weighted by molar-refractivity contribution is -0.390. The fourth-order valence-electron chi connectivity index (χ4n) is 0.715. The average molecular weight is 235 g/mol. The summed E-state index contributed by atoms with van der Waals surface area (Å²) in [7, 11) is 0. The van der Waals surface area contributed by atoms with E-state index < -0.39 is 4.92 Å². The largest absolute Gasteiger partial charge is 0.425 e. The highest BCUT2D eigenvalue weighted by Gasteiger charge is 2.22. The van der Waals surface area contributed by atoms with Crippen molar-refractivity contribution in [2.45, 2.75) is 19.9 Å². The second-order valence-corrected chi connectivity index (χ2v) is 3.25. The van der Waals surface area contributed by atoms with Crippen LogP contribution in [0.2, 0.25) is 0 Å². The Kier molecular flexibility index (Phi) is 2.41. The molecule has 0 aliphatic heterocycles. The minimum absolute atomic E-state index is 0.0561. The molecule has 0 aromatic carbocycles. The molecule has 7 heteroatoms. The third-order valence-electron chi connectivity index (χ3n) is 1.28. The number of halogens is 1. The second-order valence-electron chi connectivity index (χ2n) is 2.50. The van der Waals surface area contributed by atoms with Gasteiger partial charge >= 0.3 is 5.82 Å². The molecule has 0 saturated heterocycles. The molecular formula is C5H7BrN4O2. The smallest absolute Gasteiger partial charge is 0.358 e. The van der Waals surface area contributed by atoms with Crippen LogP contribution in [0.5, 0.6) is 0 Å². The van der Waals surface area contributed by atoms with Gasteiger partial charge in [0.05, 0.1) is 11.3 Å². The predicted octanol–water partition coefficient (Wildman–Crippen LogP) is 1.53. The van der Waals surface area contributed by atoms with E-state index in [1.165, 1.54) is 4.68 Å². The summed E-state index contributed by atoms with van der Waals surface area (Å²) in [5.41, 5.74) is 0. The maximum absolute atomic E-state index is 10.3. The first kappa shape index (κ1) is 9.11. The van der Waals surface area contributed by atoms with Crippen LogP contribution in [0.3, 0.4) is 0 Å². The lowest BCUT2D eigenvalue weighted by atomic mass is 10.4. The first-order valence-electron chi connectivity index (χ1n) is 3.29. The van der Waals surface area contributed by atoms with E-state index in [2.05, 4.69) is 26.2 Å². The van der Waals surface area contributed by atoms with Crippen molar-refractivity contribution >= 4 is 21.7 Å². The zero-order chi connectivity index (χ0) is 9.30. The van der Waals surface area contributed by atoms with Gasteiger partial charge in [0, 0.05) is 0 Å². The Hall–Kier alpha value is -0.980. The minimum atomic E-state index is -0.573. The molecule has 1 rings (SSSR count). The maximum Gasteiger partial charge on any atom is 0.425 e. The lowest BCUT2D eigenvalue weighted by Crippen LogP contribution is -2.03. The molecular weight excluding hydrogens is 228 g/mol. The lowest BCUT2D eigenvalue weighted by Gasteiger charge is -2.01. The van der Waals surface area contributed by atoms with Gasteiger partial charge in [-0.05, 0) is 34.7 Å². The highest BCUT2D eigenvalue weighted by Crippen LogP contribution is 2.23. The SMILES string of the molecule is CC(C)n1nnc([N+](=O)[O-])c1Br. The third kappa shape index (κ3) is 1.45. The fraction of sp³-hybridized carbons (Fsp3) is 0.600. The molecule has 0 aliphatic rings. The molecule has 0 radical (unpaired) electrons. The molecule has 1 aromatic heterocycles. The first-order valence-corrected chi connectivity index (χ1v) is 4.08. The number of rotatable bonds is 2. The highest BCUT2D eigenvalue weighted by atomic mass is 79.9. The van der Waals surface area contributed by atoms with Gasteiger partial charge in [0.15, 0.2) is 0 Å². The Labute approximate surface area is 76.8 Å². The first-order chi connectivity index (χ1) is 5.54. The van der Waals surface area contributed by atoms with E-state index in [1.807, 2.05) is 13.8 Å². The molecule has 0 aliphatic carbocycles. The van der Waals surface area contributed by atoms with Gasteiger partial charge < -0.3 is 10.1 Å². The van der Waals surface area contributed by atoms with E-state index in [0.717, 1.165) is 0 Å². The van der Waals surface area contributed by atoms with Crippen molar-refractivity contribution in [3.63, 3.8) is 0 Å². The quantitative estimate of drug-likeness (QED) is 0.575. The molecule has 1 aromatic rings. The summed E-state index contributed by atoms with van der Waals surface area (Å²) >= 11 is 3.05. The van der Waals surface area contributed by atoms with Crippen molar-refractivity contribution in [1.29, 1.82) is 0 Å². The number of aromatic nitrogens is 3. The molecule has 0 atom stereocenters. The van der Waals surface area contributed by atoms with Crippen LogP contribution in [0.1, 0.15) is 19.9 Å². The number of nitrogens with zero attached hydrogens (tertiary/aromatic N) is 4. The zero-order valence-corrected chi connectivity index (χ0v) is 8.15. The molecule has 0 amide bonds. The predicted molar refractivity (Wildman–Crippen MR) is 44.8 cm³/mol. The summed E-state index contributed by atoms with van der Waals surface area (Å²) in [6, 6.07) is 0.0561. The molecule has 0 unspecified atom stereocenters. The minimum Gasteiger partial charge on any atom is -0.358 e. The van der Waals surface area contributed by atoms with Crippen molar-refractivity contribution in [2.24, 2.45) is 0 Å². The topological polar surface area (TPSA) is 73.8 Å². The Morgan fingerprint density at radius 3 is 2.50 bits per heavy atom. The summed E-state index contributed by atoms with van der Waals surface area (Å²) in [5, 5.41) is 17.3. The van der Waals surface area contributed by atoms with Crippen LogP contribution in [0.25, 0.3) is 0 Å². The summed E-state index contributed by atoms with van der Waals surface area (Å²) < 4.78 is 1.75. The van der Waals surface area contributed by atoms with Gasteiger partial charge in [-0.2, -0.15) is 0 Å². The van der Waals surface area contributed by atoms with Crippen LogP contribution in [-0.2, 0) is 0 Å². The summed E-state index contributed by atoms with van der Waals surface area (Å²) in [6.45, 7) is 3.73. The summed E-state index contributed by atoms with van der Waals surface area (Å²) in [6.07, 6.45) is 0. The second kappa shape index (κ2) is 3.18. The van der Waals surface area contributed by atoms with Gasteiger partial charge in [-0.25, -0.2) is 4.68 Å². The third-order valence-corrected chi connectivity index (χ3v) is 2.00. The van der Waals surface area contributed by atoms with E-state index >= 15 is 0 Å². The Bertz CT molecular complexity index is 308. The monoisotopic (exact) mass is 234 g/mol. The molecule has 6 nitrogen and oxygen atoms in total. The Balaban J connectivity index is 3.13. The standard InChI is InChI=1S/C5H7BrN4O2/c1-3(2)9-4(6)5(7-8-9)10(11)12/h3H,1-2H3. The van der Waals surface area contributed by atoms with Crippen LogP contribution in [0.4, 0.5) is 5.82 Å². The summed E-state index contributed by atoms with van der Waals surface area (Å²) in [4.78, 5) is 9.74. The zero-order valence-electron chi connectivity index (χ0n) is 6.56. The van der Waals surface area contributed by atoms with Gasteiger partial charge in [0.25, 0.3) is 0 Å². The van der Waals surface area contributed by atoms with E-state index in [9.17, 15) is 10.1 Å². The van der Waals surface area contributed by atoms with E-state index in [4.69, 9.17) is 0 Å². The van der Waals surface area contributed by atoms with Gasteiger partial charge in [-0.3, -0.25) is 0 Å². The van der Waals surface area contributed by atoms with Gasteiger partial charge in [0.1, 0.15) is 5.10 Å². The van der Waals surface area contributed by atoms with Crippen molar-refractivity contribution in [3.8, 4) is 0 Å². The molecule has 0 fully saturated rings. The van der Waals surface area contributed by atoms with E-state index in [1.54, 1.807) is 0 Å². The van der Waals surface area contributed by atoms with Gasteiger partial charge in [-0.15, -0.1) is 0 Å². The van der Waals surface area contributed by atoms with Crippen molar-refractivity contribution in [1.82, 2.24) is 15.0 Å². The Morgan fingerprint density at radius 1 is 1.67 bits per heavy atom. The number of hydrogen-bond acceptors (Lipinski definition) is 4. The van der Waals surface area contributed by atoms with Crippen LogP contribution in [0, 0.1) is 10.1 Å². The molecule has 66 valence electrons. The number of nitro groups is 1. The van der Waals surface area contributed by atoms with Crippen molar-refractivity contribution < 1.29 is 4.92 Å². The number of hydrogen-bond donors (Lipinski definition) is 0.